The Kier molecular flexibility index (Phi) is 2.60. The fourth-order valence-corrected chi connectivity index (χ4v) is 2.51. The largest absolute Gasteiger partial charge is 0.493 e. The molecule has 0 radical (unpaired) electrons. The van der Waals surface area contributed by atoms with Crippen molar-refractivity contribution in [2.45, 2.75) is 38.3 Å². The second-order valence-corrected chi connectivity index (χ2v) is 5.07. The lowest BCUT2D eigenvalue weighted by molar-refractivity contribution is 0.315. The van der Waals surface area contributed by atoms with Gasteiger partial charge in [-0.05, 0) is 31.2 Å². The van der Waals surface area contributed by atoms with Crippen LogP contribution in [0.2, 0.25) is 0 Å². The lowest BCUT2D eigenvalue weighted by Gasteiger charge is -2.18. The smallest absolute Gasteiger partial charge is 0.124 e. The summed E-state index contributed by atoms with van der Waals surface area (Å²) in [5.74, 6) is 1.93. The molecule has 1 N–H and O–H groups in total. The van der Waals surface area contributed by atoms with E-state index < -0.39 is 0 Å². The van der Waals surface area contributed by atoms with Gasteiger partial charge >= 0.3 is 0 Å². The molecule has 86 valence electrons. The number of benzene rings is 1. The minimum Gasteiger partial charge on any atom is -0.493 e. The SMILES string of the molecule is CC1CC1NC1CCCOc2ccccc21. The molecule has 1 saturated carbocycles. The maximum absolute atomic E-state index is 5.77. The van der Waals surface area contributed by atoms with Crippen molar-refractivity contribution in [3.05, 3.63) is 29.8 Å². The van der Waals surface area contributed by atoms with E-state index in [9.17, 15) is 0 Å². The van der Waals surface area contributed by atoms with E-state index in [2.05, 4.69) is 36.5 Å². The molecular formula is C14H19NO. The summed E-state index contributed by atoms with van der Waals surface area (Å²) < 4.78 is 5.77. The molecule has 0 saturated heterocycles. The first kappa shape index (κ1) is 10.2. The van der Waals surface area contributed by atoms with Gasteiger partial charge in [0, 0.05) is 17.6 Å². The Hall–Kier alpha value is -1.02. The molecule has 1 heterocycles. The molecule has 16 heavy (non-hydrogen) atoms. The highest BCUT2D eigenvalue weighted by Crippen LogP contribution is 2.36. The van der Waals surface area contributed by atoms with Crippen molar-refractivity contribution in [1.82, 2.24) is 5.32 Å². The molecule has 2 heteroatoms. The van der Waals surface area contributed by atoms with Gasteiger partial charge in [0.1, 0.15) is 5.75 Å². The second kappa shape index (κ2) is 4.10. The van der Waals surface area contributed by atoms with Crippen LogP contribution in [0.1, 0.15) is 37.8 Å². The molecule has 1 aliphatic heterocycles. The van der Waals surface area contributed by atoms with Crippen molar-refractivity contribution < 1.29 is 4.74 Å². The van der Waals surface area contributed by atoms with Crippen LogP contribution in [0.25, 0.3) is 0 Å². The van der Waals surface area contributed by atoms with Gasteiger partial charge in [-0.1, -0.05) is 25.1 Å². The van der Waals surface area contributed by atoms with E-state index in [1.807, 2.05) is 0 Å². The number of ether oxygens (including phenoxy) is 1. The molecule has 1 fully saturated rings. The first-order valence-corrected chi connectivity index (χ1v) is 6.32. The third-order valence-electron chi connectivity index (χ3n) is 3.71. The van der Waals surface area contributed by atoms with E-state index >= 15 is 0 Å². The molecule has 3 atom stereocenters. The fourth-order valence-electron chi connectivity index (χ4n) is 2.51. The van der Waals surface area contributed by atoms with Crippen LogP contribution < -0.4 is 10.1 Å². The fraction of sp³-hybridized carbons (Fsp3) is 0.571. The maximum atomic E-state index is 5.77. The Labute approximate surface area is 97.0 Å². The highest BCUT2D eigenvalue weighted by molar-refractivity contribution is 5.36. The van der Waals surface area contributed by atoms with Crippen LogP contribution in [0.5, 0.6) is 5.75 Å². The first-order chi connectivity index (χ1) is 7.84. The van der Waals surface area contributed by atoms with Gasteiger partial charge in [0.2, 0.25) is 0 Å². The molecule has 0 spiro atoms. The van der Waals surface area contributed by atoms with Crippen LogP contribution >= 0.6 is 0 Å². The lowest BCUT2D eigenvalue weighted by Crippen LogP contribution is -2.24. The summed E-state index contributed by atoms with van der Waals surface area (Å²) >= 11 is 0. The minimum atomic E-state index is 0.494. The Balaban J connectivity index is 1.81. The van der Waals surface area contributed by atoms with E-state index in [1.54, 1.807) is 0 Å². The average molecular weight is 217 g/mol. The maximum Gasteiger partial charge on any atom is 0.124 e. The molecule has 1 aromatic rings. The van der Waals surface area contributed by atoms with Gasteiger partial charge in [-0.3, -0.25) is 0 Å². The summed E-state index contributed by atoms with van der Waals surface area (Å²) in [6.45, 7) is 3.17. The van der Waals surface area contributed by atoms with E-state index in [0.717, 1.165) is 30.7 Å². The Morgan fingerprint density at radius 2 is 2.12 bits per heavy atom. The number of para-hydroxylation sites is 1. The zero-order valence-corrected chi connectivity index (χ0v) is 9.78. The highest BCUT2D eigenvalue weighted by Gasteiger charge is 2.35. The molecule has 0 aromatic heterocycles. The summed E-state index contributed by atoms with van der Waals surface area (Å²) in [6, 6.07) is 9.68. The molecule has 0 bridgehead atoms. The second-order valence-electron chi connectivity index (χ2n) is 5.07. The summed E-state index contributed by atoms with van der Waals surface area (Å²) in [5, 5.41) is 3.76. The predicted molar refractivity (Wildman–Crippen MR) is 64.6 cm³/mol. The Morgan fingerprint density at radius 1 is 1.31 bits per heavy atom. The lowest BCUT2D eigenvalue weighted by atomic mass is 10.0. The molecule has 0 amide bonds. The van der Waals surface area contributed by atoms with Crippen molar-refractivity contribution in [3.63, 3.8) is 0 Å². The number of hydrogen-bond acceptors (Lipinski definition) is 2. The van der Waals surface area contributed by atoms with Crippen LogP contribution in [0.3, 0.4) is 0 Å². The van der Waals surface area contributed by atoms with Gasteiger partial charge < -0.3 is 10.1 Å². The number of fused-ring (bicyclic) bond motifs is 1. The van der Waals surface area contributed by atoms with Gasteiger partial charge in [0.05, 0.1) is 6.61 Å². The first-order valence-electron chi connectivity index (χ1n) is 6.32. The number of hydrogen-bond donors (Lipinski definition) is 1. The highest BCUT2D eigenvalue weighted by atomic mass is 16.5. The molecule has 2 nitrogen and oxygen atoms in total. The zero-order chi connectivity index (χ0) is 11.0. The zero-order valence-electron chi connectivity index (χ0n) is 9.78. The molecular weight excluding hydrogens is 198 g/mol. The van der Waals surface area contributed by atoms with Gasteiger partial charge in [-0.2, -0.15) is 0 Å². The third-order valence-corrected chi connectivity index (χ3v) is 3.71. The average Bonchev–Trinajstić information content (AvgIpc) is 3.03. The predicted octanol–water partition coefficient (Wildman–Crippen LogP) is 2.90. The standard InChI is InChI=1S/C14H19NO/c1-10-9-13(10)15-12-6-4-8-16-14-7-3-2-5-11(12)14/h2-3,5,7,10,12-13,15H,4,6,8-9H2,1H3. The van der Waals surface area contributed by atoms with E-state index in [1.165, 1.54) is 18.4 Å². The van der Waals surface area contributed by atoms with Crippen LogP contribution in [0.15, 0.2) is 24.3 Å². The van der Waals surface area contributed by atoms with Crippen LogP contribution in [-0.2, 0) is 0 Å². The molecule has 3 rings (SSSR count). The van der Waals surface area contributed by atoms with Gasteiger partial charge in [-0.15, -0.1) is 0 Å². The monoisotopic (exact) mass is 217 g/mol. The Morgan fingerprint density at radius 3 is 2.94 bits per heavy atom. The van der Waals surface area contributed by atoms with Crippen LogP contribution in [0.4, 0.5) is 0 Å². The summed E-state index contributed by atoms with van der Waals surface area (Å²) in [4.78, 5) is 0. The van der Waals surface area contributed by atoms with Gasteiger partial charge in [-0.25, -0.2) is 0 Å². The van der Waals surface area contributed by atoms with E-state index in [-0.39, 0.29) is 0 Å². The van der Waals surface area contributed by atoms with Crippen LogP contribution in [-0.4, -0.2) is 12.6 Å². The van der Waals surface area contributed by atoms with Crippen molar-refractivity contribution in [1.29, 1.82) is 0 Å². The molecule has 2 aliphatic rings. The summed E-state index contributed by atoms with van der Waals surface area (Å²) in [5.41, 5.74) is 1.35. The van der Waals surface area contributed by atoms with Gasteiger partial charge in [0.15, 0.2) is 0 Å². The molecule has 1 aliphatic carbocycles. The van der Waals surface area contributed by atoms with E-state index in [0.29, 0.717) is 6.04 Å². The summed E-state index contributed by atoms with van der Waals surface area (Å²) in [6.07, 6.45) is 3.67. The topological polar surface area (TPSA) is 21.3 Å². The van der Waals surface area contributed by atoms with Crippen LogP contribution in [0, 0.1) is 5.92 Å². The van der Waals surface area contributed by atoms with Crippen molar-refractivity contribution in [2.24, 2.45) is 5.92 Å². The number of nitrogens with one attached hydrogen (secondary N) is 1. The molecule has 1 aromatic carbocycles. The summed E-state index contributed by atoms with van der Waals surface area (Å²) in [7, 11) is 0. The minimum absolute atomic E-state index is 0.494. The number of rotatable bonds is 2. The third kappa shape index (κ3) is 1.94. The molecule has 3 unspecified atom stereocenters. The normalized spacial score (nSPS) is 32.4. The Bertz CT molecular complexity index is 377. The van der Waals surface area contributed by atoms with Crippen molar-refractivity contribution in [3.8, 4) is 5.75 Å². The van der Waals surface area contributed by atoms with Crippen molar-refractivity contribution in [2.75, 3.05) is 6.61 Å². The quantitative estimate of drug-likeness (QED) is 0.822. The van der Waals surface area contributed by atoms with Crippen molar-refractivity contribution >= 4 is 0 Å². The van der Waals surface area contributed by atoms with E-state index in [4.69, 9.17) is 4.74 Å². The van der Waals surface area contributed by atoms with Gasteiger partial charge in [0.25, 0.3) is 0 Å².